The first-order chi connectivity index (χ1) is 8.28. The maximum atomic E-state index is 11.6. The molecule has 1 saturated heterocycles. The Kier molecular flexibility index (Phi) is 4.76. The lowest BCUT2D eigenvalue weighted by atomic mass is 10.2. The maximum Gasteiger partial charge on any atom is 0.226 e. The van der Waals surface area contributed by atoms with E-state index in [9.17, 15) is 4.79 Å². The van der Waals surface area contributed by atoms with Crippen LogP contribution in [0, 0.1) is 0 Å². The second-order valence-corrected chi connectivity index (χ2v) is 5.19. The number of thiazole rings is 1. The monoisotopic (exact) mass is 274 g/mol. The molecule has 1 aliphatic rings. The van der Waals surface area contributed by atoms with Crippen molar-refractivity contribution in [1.29, 1.82) is 0 Å². The molecule has 1 amide bonds. The van der Waals surface area contributed by atoms with Crippen LogP contribution in [0.25, 0.3) is 0 Å². The Balaban J connectivity index is 1.72. The lowest BCUT2D eigenvalue weighted by Gasteiger charge is -2.09. The molecule has 0 spiro atoms. The van der Waals surface area contributed by atoms with E-state index in [1.165, 1.54) is 11.3 Å². The van der Waals surface area contributed by atoms with Gasteiger partial charge in [0.25, 0.3) is 0 Å². The van der Waals surface area contributed by atoms with Crippen molar-refractivity contribution in [2.75, 3.05) is 13.2 Å². The zero-order valence-electron chi connectivity index (χ0n) is 9.45. The van der Waals surface area contributed by atoms with Gasteiger partial charge in [0, 0.05) is 18.5 Å². The molecule has 2 rings (SSSR count). The lowest BCUT2D eigenvalue weighted by molar-refractivity contribution is -0.120. The van der Waals surface area contributed by atoms with Crippen molar-refractivity contribution in [3.63, 3.8) is 0 Å². The molecular formula is C11H15ClN2O2S. The van der Waals surface area contributed by atoms with Gasteiger partial charge in [-0.05, 0) is 12.8 Å². The smallest absolute Gasteiger partial charge is 0.226 e. The van der Waals surface area contributed by atoms with Crippen LogP contribution in [0.2, 0.25) is 0 Å². The fraction of sp³-hybridized carbons (Fsp3) is 0.636. The molecule has 4 nitrogen and oxygen atoms in total. The van der Waals surface area contributed by atoms with Crippen LogP contribution in [-0.4, -0.2) is 30.1 Å². The summed E-state index contributed by atoms with van der Waals surface area (Å²) in [6, 6.07) is 0. The van der Waals surface area contributed by atoms with E-state index in [2.05, 4.69) is 10.3 Å². The maximum absolute atomic E-state index is 11.6. The van der Waals surface area contributed by atoms with E-state index in [0.29, 0.717) is 18.8 Å². The van der Waals surface area contributed by atoms with E-state index in [-0.39, 0.29) is 12.0 Å². The summed E-state index contributed by atoms with van der Waals surface area (Å²) in [7, 11) is 0. The predicted molar refractivity (Wildman–Crippen MR) is 67.4 cm³/mol. The summed E-state index contributed by atoms with van der Waals surface area (Å²) in [4.78, 5) is 15.9. The summed E-state index contributed by atoms with van der Waals surface area (Å²) >= 11 is 7.12. The first kappa shape index (κ1) is 12.8. The predicted octanol–water partition coefficient (Wildman–Crippen LogP) is 1.72. The molecule has 1 fully saturated rings. The molecule has 0 saturated carbocycles. The van der Waals surface area contributed by atoms with Crippen LogP contribution in [0.4, 0.5) is 0 Å². The van der Waals surface area contributed by atoms with Crippen LogP contribution in [-0.2, 0) is 21.8 Å². The third-order valence-electron chi connectivity index (χ3n) is 2.60. The van der Waals surface area contributed by atoms with Gasteiger partial charge >= 0.3 is 0 Å². The van der Waals surface area contributed by atoms with Gasteiger partial charge in [-0.3, -0.25) is 4.79 Å². The van der Waals surface area contributed by atoms with Crippen LogP contribution < -0.4 is 5.32 Å². The second-order valence-electron chi connectivity index (χ2n) is 3.98. The highest BCUT2D eigenvalue weighted by Gasteiger charge is 2.16. The fourth-order valence-electron chi connectivity index (χ4n) is 1.72. The Morgan fingerprint density at radius 3 is 3.24 bits per heavy atom. The first-order valence-corrected chi connectivity index (χ1v) is 7.07. The van der Waals surface area contributed by atoms with Crippen molar-refractivity contribution < 1.29 is 9.53 Å². The van der Waals surface area contributed by atoms with Crippen LogP contribution in [0.5, 0.6) is 0 Å². The quantitative estimate of drug-likeness (QED) is 0.832. The molecule has 1 aromatic heterocycles. The van der Waals surface area contributed by atoms with Gasteiger partial charge < -0.3 is 10.1 Å². The summed E-state index contributed by atoms with van der Waals surface area (Å²) in [6.45, 7) is 1.42. The molecule has 0 radical (unpaired) electrons. The average Bonchev–Trinajstić information content (AvgIpc) is 2.97. The van der Waals surface area contributed by atoms with E-state index in [4.69, 9.17) is 16.3 Å². The van der Waals surface area contributed by atoms with Crippen molar-refractivity contribution in [3.05, 3.63) is 16.1 Å². The number of halogens is 1. The molecule has 1 aromatic rings. The normalized spacial score (nSPS) is 19.5. The number of amides is 1. The minimum atomic E-state index is -0.00373. The summed E-state index contributed by atoms with van der Waals surface area (Å²) in [6.07, 6.45) is 2.64. The van der Waals surface area contributed by atoms with Gasteiger partial charge in [0.15, 0.2) is 0 Å². The number of hydrogen-bond acceptors (Lipinski definition) is 4. The molecule has 2 heterocycles. The molecule has 94 valence electrons. The molecule has 0 aromatic carbocycles. The zero-order chi connectivity index (χ0) is 12.1. The van der Waals surface area contributed by atoms with Crippen molar-refractivity contribution in [1.82, 2.24) is 10.3 Å². The highest BCUT2D eigenvalue weighted by Crippen LogP contribution is 2.13. The molecule has 1 aliphatic heterocycles. The third kappa shape index (κ3) is 3.94. The summed E-state index contributed by atoms with van der Waals surface area (Å²) in [5.74, 6) is 0.393. The SMILES string of the molecule is O=C(Cc1nc(CCl)cs1)NCC1CCCO1. The molecule has 1 unspecified atom stereocenters. The number of alkyl halides is 1. The van der Waals surface area contributed by atoms with Gasteiger partial charge in [-0.1, -0.05) is 0 Å². The number of hydrogen-bond donors (Lipinski definition) is 1. The Bertz CT molecular complexity index is 377. The molecular weight excluding hydrogens is 260 g/mol. The highest BCUT2D eigenvalue weighted by molar-refractivity contribution is 7.09. The number of nitrogens with one attached hydrogen (secondary N) is 1. The molecule has 0 bridgehead atoms. The van der Waals surface area contributed by atoms with Gasteiger partial charge in [-0.25, -0.2) is 4.98 Å². The minimum Gasteiger partial charge on any atom is -0.376 e. The van der Waals surface area contributed by atoms with Gasteiger partial charge in [-0.2, -0.15) is 0 Å². The number of ether oxygens (including phenoxy) is 1. The molecule has 17 heavy (non-hydrogen) atoms. The topological polar surface area (TPSA) is 51.2 Å². The Morgan fingerprint density at radius 1 is 1.71 bits per heavy atom. The summed E-state index contributed by atoms with van der Waals surface area (Å²) in [5.41, 5.74) is 0.832. The number of nitrogens with zero attached hydrogens (tertiary/aromatic N) is 1. The Morgan fingerprint density at radius 2 is 2.59 bits per heavy atom. The number of rotatable bonds is 5. The van der Waals surface area contributed by atoms with Gasteiger partial charge in [0.2, 0.25) is 5.91 Å². The van der Waals surface area contributed by atoms with Gasteiger partial charge in [0.05, 0.1) is 24.1 Å². The molecule has 0 aliphatic carbocycles. The Labute approximate surface area is 109 Å². The van der Waals surface area contributed by atoms with Gasteiger partial charge in [0.1, 0.15) is 5.01 Å². The average molecular weight is 275 g/mol. The Hall–Kier alpha value is -0.650. The van der Waals surface area contributed by atoms with E-state index >= 15 is 0 Å². The van der Waals surface area contributed by atoms with Crippen molar-refractivity contribution in [3.8, 4) is 0 Å². The number of carbonyl (C=O) groups excluding carboxylic acids is 1. The molecule has 1 N–H and O–H groups in total. The lowest BCUT2D eigenvalue weighted by Crippen LogP contribution is -2.32. The molecule has 6 heteroatoms. The summed E-state index contributed by atoms with van der Waals surface area (Å²) in [5, 5.41) is 5.57. The van der Waals surface area contributed by atoms with E-state index in [1.807, 2.05) is 5.38 Å². The van der Waals surface area contributed by atoms with Gasteiger partial charge in [-0.15, -0.1) is 22.9 Å². The first-order valence-electron chi connectivity index (χ1n) is 5.65. The number of aromatic nitrogens is 1. The van der Waals surface area contributed by atoms with Crippen molar-refractivity contribution >= 4 is 28.8 Å². The van der Waals surface area contributed by atoms with Crippen LogP contribution in [0.3, 0.4) is 0 Å². The minimum absolute atomic E-state index is 0.00373. The standard InChI is InChI=1S/C11H15ClN2O2S/c12-5-8-7-17-11(14-8)4-10(15)13-6-9-2-1-3-16-9/h7,9H,1-6H2,(H,13,15). The summed E-state index contributed by atoms with van der Waals surface area (Å²) < 4.78 is 5.43. The zero-order valence-corrected chi connectivity index (χ0v) is 11.0. The van der Waals surface area contributed by atoms with Crippen LogP contribution in [0.1, 0.15) is 23.5 Å². The van der Waals surface area contributed by atoms with E-state index in [1.54, 1.807) is 0 Å². The number of carbonyl (C=O) groups is 1. The third-order valence-corrected chi connectivity index (χ3v) is 3.77. The van der Waals surface area contributed by atoms with Crippen molar-refractivity contribution in [2.45, 2.75) is 31.2 Å². The van der Waals surface area contributed by atoms with E-state index < -0.39 is 0 Å². The van der Waals surface area contributed by atoms with Crippen molar-refractivity contribution in [2.24, 2.45) is 0 Å². The van der Waals surface area contributed by atoms with Crippen LogP contribution >= 0.6 is 22.9 Å². The second kappa shape index (κ2) is 6.33. The largest absolute Gasteiger partial charge is 0.376 e. The van der Waals surface area contributed by atoms with Crippen LogP contribution in [0.15, 0.2) is 5.38 Å². The highest BCUT2D eigenvalue weighted by atomic mass is 35.5. The molecule has 1 atom stereocenters. The fourth-order valence-corrected chi connectivity index (χ4v) is 2.75. The van der Waals surface area contributed by atoms with E-state index in [0.717, 1.165) is 30.2 Å².